The average molecular weight is 535 g/mol. The van der Waals surface area contributed by atoms with Crippen molar-refractivity contribution < 1.29 is 22.4 Å². The van der Waals surface area contributed by atoms with Gasteiger partial charge in [0.2, 0.25) is 9.84 Å². The number of nitrogens with zero attached hydrogens (tertiary/aromatic N) is 1. The standard InChI is InChI=1S/C28H20ClFN2O4S/c29-21-12-9-18(10-13-21)16-31-27(33)19-11-14-26-24(15-19)32(17-20-5-1-3-7-23(20)30)28(34)22-6-2-4-8-25(22)37(26,35)36/h1-15H,16-17H2,(H,31,33). The van der Waals surface area contributed by atoms with E-state index in [1.165, 1.54) is 59.5 Å². The number of halogens is 2. The van der Waals surface area contributed by atoms with Crippen LogP contribution in [0.4, 0.5) is 10.1 Å². The Labute approximate surface area is 218 Å². The third-order valence-corrected chi connectivity index (χ3v) is 8.22. The van der Waals surface area contributed by atoms with Gasteiger partial charge in [0.25, 0.3) is 11.8 Å². The molecule has 0 fully saturated rings. The normalized spacial score (nSPS) is 13.9. The molecule has 4 aromatic carbocycles. The number of hydrogen-bond donors (Lipinski definition) is 1. The van der Waals surface area contributed by atoms with Crippen LogP contribution in [0.15, 0.2) is 101 Å². The topological polar surface area (TPSA) is 83.6 Å². The van der Waals surface area contributed by atoms with Crippen LogP contribution >= 0.6 is 11.6 Å². The van der Waals surface area contributed by atoms with Gasteiger partial charge in [-0.3, -0.25) is 9.59 Å². The summed E-state index contributed by atoms with van der Waals surface area (Å²) in [4.78, 5) is 27.6. The van der Waals surface area contributed by atoms with Crippen LogP contribution in [0.1, 0.15) is 31.8 Å². The van der Waals surface area contributed by atoms with Gasteiger partial charge in [-0.05, 0) is 54.1 Å². The summed E-state index contributed by atoms with van der Waals surface area (Å²) >= 11 is 5.91. The summed E-state index contributed by atoms with van der Waals surface area (Å²) in [6.45, 7) is -0.00704. The summed E-state index contributed by atoms with van der Waals surface area (Å²) < 4.78 is 41.7. The Balaban J connectivity index is 1.58. The molecule has 1 N–H and O–H groups in total. The lowest BCUT2D eigenvalue weighted by molar-refractivity contribution is 0.0947. The van der Waals surface area contributed by atoms with E-state index in [1.54, 1.807) is 36.4 Å². The van der Waals surface area contributed by atoms with Gasteiger partial charge in [0, 0.05) is 22.7 Å². The third kappa shape index (κ3) is 4.73. The monoisotopic (exact) mass is 534 g/mol. The number of rotatable bonds is 5. The van der Waals surface area contributed by atoms with Crippen molar-refractivity contribution in [2.24, 2.45) is 0 Å². The second kappa shape index (κ2) is 9.80. The zero-order chi connectivity index (χ0) is 26.2. The molecule has 1 aliphatic rings. The SMILES string of the molecule is O=C(NCc1ccc(Cl)cc1)c1ccc2c(c1)N(Cc1ccccc1F)C(=O)c1ccccc1S2(=O)=O. The summed E-state index contributed by atoms with van der Waals surface area (Å²) in [5, 5.41) is 3.36. The van der Waals surface area contributed by atoms with E-state index in [4.69, 9.17) is 11.6 Å². The van der Waals surface area contributed by atoms with E-state index in [2.05, 4.69) is 5.32 Å². The molecule has 0 saturated carbocycles. The van der Waals surface area contributed by atoms with Crippen LogP contribution in [0.2, 0.25) is 5.02 Å². The number of anilines is 1. The second-order valence-electron chi connectivity index (χ2n) is 8.47. The molecule has 0 atom stereocenters. The van der Waals surface area contributed by atoms with Crippen LogP contribution in [-0.4, -0.2) is 20.2 Å². The molecule has 5 rings (SSSR count). The maximum absolute atomic E-state index is 14.6. The van der Waals surface area contributed by atoms with Crippen molar-refractivity contribution >= 4 is 38.9 Å². The molecule has 0 radical (unpaired) electrons. The quantitative estimate of drug-likeness (QED) is 0.371. The molecule has 1 heterocycles. The average Bonchev–Trinajstić information content (AvgIpc) is 2.97. The minimum absolute atomic E-state index is 0.00333. The lowest BCUT2D eigenvalue weighted by Gasteiger charge is -2.23. The fraction of sp³-hybridized carbons (Fsp3) is 0.0714. The van der Waals surface area contributed by atoms with E-state index >= 15 is 0 Å². The molecule has 0 bridgehead atoms. The Morgan fingerprint density at radius 1 is 0.892 bits per heavy atom. The van der Waals surface area contributed by atoms with Crippen molar-refractivity contribution in [1.29, 1.82) is 0 Å². The first-order valence-electron chi connectivity index (χ1n) is 11.3. The summed E-state index contributed by atoms with van der Waals surface area (Å²) in [6, 6.07) is 22.9. The van der Waals surface area contributed by atoms with Gasteiger partial charge >= 0.3 is 0 Å². The van der Waals surface area contributed by atoms with Crippen molar-refractivity contribution in [2.45, 2.75) is 22.9 Å². The molecule has 1 aliphatic heterocycles. The van der Waals surface area contributed by atoms with Crippen LogP contribution in [0.25, 0.3) is 0 Å². The van der Waals surface area contributed by atoms with E-state index < -0.39 is 27.5 Å². The van der Waals surface area contributed by atoms with Crippen LogP contribution < -0.4 is 10.2 Å². The van der Waals surface area contributed by atoms with Crippen molar-refractivity contribution in [3.8, 4) is 0 Å². The first kappa shape index (κ1) is 24.7. The van der Waals surface area contributed by atoms with Gasteiger partial charge < -0.3 is 10.2 Å². The maximum atomic E-state index is 14.6. The van der Waals surface area contributed by atoms with Gasteiger partial charge in [0.15, 0.2) is 0 Å². The Bertz CT molecular complexity index is 1640. The van der Waals surface area contributed by atoms with Crippen LogP contribution in [0.5, 0.6) is 0 Å². The van der Waals surface area contributed by atoms with Gasteiger partial charge in [-0.25, -0.2) is 12.8 Å². The molecule has 0 spiro atoms. The Morgan fingerprint density at radius 2 is 1.59 bits per heavy atom. The van der Waals surface area contributed by atoms with Gasteiger partial charge in [-0.1, -0.05) is 54.1 Å². The molecule has 2 amide bonds. The van der Waals surface area contributed by atoms with Crippen molar-refractivity contribution in [1.82, 2.24) is 5.32 Å². The number of fused-ring (bicyclic) bond motifs is 2. The van der Waals surface area contributed by atoms with Gasteiger partial charge in [-0.2, -0.15) is 0 Å². The zero-order valence-electron chi connectivity index (χ0n) is 19.3. The highest BCUT2D eigenvalue weighted by molar-refractivity contribution is 7.91. The molecule has 37 heavy (non-hydrogen) atoms. The Kier molecular flexibility index (Phi) is 6.54. The van der Waals surface area contributed by atoms with E-state index in [1.807, 2.05) is 0 Å². The molecule has 4 aromatic rings. The van der Waals surface area contributed by atoms with E-state index in [-0.39, 0.29) is 45.3 Å². The smallest absolute Gasteiger partial charge is 0.259 e. The minimum atomic E-state index is -4.11. The molecular weight excluding hydrogens is 515 g/mol. The number of amides is 2. The van der Waals surface area contributed by atoms with Gasteiger partial charge in [-0.15, -0.1) is 0 Å². The van der Waals surface area contributed by atoms with Crippen molar-refractivity contribution in [2.75, 3.05) is 4.90 Å². The summed E-state index contributed by atoms with van der Waals surface area (Å²) in [7, 11) is -4.11. The van der Waals surface area contributed by atoms with Crippen LogP contribution in [0, 0.1) is 5.82 Å². The molecule has 0 aromatic heterocycles. The first-order chi connectivity index (χ1) is 17.8. The number of nitrogens with one attached hydrogen (secondary N) is 1. The van der Waals surface area contributed by atoms with Crippen LogP contribution in [-0.2, 0) is 22.9 Å². The first-order valence-corrected chi connectivity index (χ1v) is 13.2. The predicted octanol–water partition coefficient (Wildman–Crippen LogP) is 5.40. The van der Waals surface area contributed by atoms with Gasteiger partial charge in [0.1, 0.15) is 5.82 Å². The maximum Gasteiger partial charge on any atom is 0.259 e. The lowest BCUT2D eigenvalue weighted by Crippen LogP contribution is -2.31. The summed E-state index contributed by atoms with van der Waals surface area (Å²) in [5.74, 6) is -1.61. The van der Waals surface area contributed by atoms with Crippen LogP contribution in [0.3, 0.4) is 0 Å². The second-order valence-corrected chi connectivity index (χ2v) is 10.8. The highest BCUT2D eigenvalue weighted by Crippen LogP contribution is 2.38. The number of benzene rings is 4. The molecule has 186 valence electrons. The third-order valence-electron chi connectivity index (χ3n) is 6.11. The van der Waals surface area contributed by atoms with Gasteiger partial charge in [0.05, 0.1) is 27.6 Å². The molecule has 6 nitrogen and oxygen atoms in total. The summed E-state index contributed by atoms with van der Waals surface area (Å²) in [6.07, 6.45) is 0. The molecular formula is C28H20ClFN2O4S. The number of sulfone groups is 1. The van der Waals surface area contributed by atoms with Crippen molar-refractivity contribution in [3.05, 3.63) is 124 Å². The highest BCUT2D eigenvalue weighted by Gasteiger charge is 2.36. The fourth-order valence-corrected chi connectivity index (χ4v) is 5.95. The fourth-order valence-electron chi connectivity index (χ4n) is 4.19. The molecule has 0 aliphatic carbocycles. The number of hydrogen-bond acceptors (Lipinski definition) is 4. The molecule has 0 saturated heterocycles. The predicted molar refractivity (Wildman–Crippen MR) is 138 cm³/mol. The molecule has 9 heteroatoms. The molecule has 0 unspecified atom stereocenters. The van der Waals surface area contributed by atoms with E-state index in [0.717, 1.165) is 5.56 Å². The highest BCUT2D eigenvalue weighted by atomic mass is 35.5. The Hall–Kier alpha value is -4.01. The number of carbonyl (C=O) groups is 2. The van der Waals surface area contributed by atoms with Crippen molar-refractivity contribution in [3.63, 3.8) is 0 Å². The van der Waals surface area contributed by atoms with E-state index in [9.17, 15) is 22.4 Å². The summed E-state index contributed by atoms with van der Waals surface area (Å²) in [5.41, 5.74) is 1.16. The minimum Gasteiger partial charge on any atom is -0.348 e. The number of carbonyl (C=O) groups excluding carboxylic acids is 2. The zero-order valence-corrected chi connectivity index (χ0v) is 20.9. The lowest BCUT2D eigenvalue weighted by atomic mass is 10.1. The Morgan fingerprint density at radius 3 is 2.35 bits per heavy atom. The largest absolute Gasteiger partial charge is 0.348 e. The van der Waals surface area contributed by atoms with E-state index in [0.29, 0.717) is 5.02 Å².